The summed E-state index contributed by atoms with van der Waals surface area (Å²) in [5.74, 6) is -0.330. The first-order valence-electron chi connectivity index (χ1n) is 4.89. The summed E-state index contributed by atoms with van der Waals surface area (Å²) in [5.41, 5.74) is -0.439. The van der Waals surface area contributed by atoms with E-state index in [0.29, 0.717) is 12.8 Å². The first-order chi connectivity index (χ1) is 6.31. The van der Waals surface area contributed by atoms with Gasteiger partial charge in [-0.05, 0) is 40.5 Å². The lowest BCUT2D eigenvalue weighted by atomic mass is 10.2. The van der Waals surface area contributed by atoms with Gasteiger partial charge in [0.05, 0.1) is 6.10 Å². The smallest absolute Gasteiger partial charge is 0.330 e. The average molecular weight is 200 g/mol. The van der Waals surface area contributed by atoms with Crippen molar-refractivity contribution < 1.29 is 14.6 Å². The summed E-state index contributed by atoms with van der Waals surface area (Å²) in [6.07, 6.45) is 4.17. The van der Waals surface area contributed by atoms with E-state index in [1.165, 1.54) is 6.08 Å². The molecule has 0 heterocycles. The molecule has 0 saturated heterocycles. The molecular weight excluding hydrogens is 180 g/mol. The minimum atomic E-state index is -0.439. The third-order valence-electron chi connectivity index (χ3n) is 1.41. The zero-order chi connectivity index (χ0) is 11.2. The normalized spacial score (nSPS) is 14.4. The highest BCUT2D eigenvalue weighted by molar-refractivity contribution is 5.82. The van der Waals surface area contributed by atoms with E-state index in [2.05, 4.69) is 0 Å². The number of hydrogen-bond donors (Lipinski definition) is 1. The van der Waals surface area contributed by atoms with E-state index in [1.54, 1.807) is 13.0 Å². The number of hydrogen-bond acceptors (Lipinski definition) is 3. The van der Waals surface area contributed by atoms with Gasteiger partial charge in [-0.25, -0.2) is 4.79 Å². The number of aliphatic hydroxyl groups is 1. The zero-order valence-corrected chi connectivity index (χ0v) is 9.41. The second kappa shape index (κ2) is 5.81. The Bertz CT molecular complexity index is 199. The molecule has 14 heavy (non-hydrogen) atoms. The van der Waals surface area contributed by atoms with Crippen LogP contribution in [0.5, 0.6) is 0 Å². The van der Waals surface area contributed by atoms with Crippen LogP contribution in [0.1, 0.15) is 40.5 Å². The maximum atomic E-state index is 11.1. The third-order valence-corrected chi connectivity index (χ3v) is 1.41. The van der Waals surface area contributed by atoms with Gasteiger partial charge in [-0.1, -0.05) is 6.08 Å². The van der Waals surface area contributed by atoms with Crippen LogP contribution in [-0.4, -0.2) is 22.8 Å². The lowest BCUT2D eigenvalue weighted by Gasteiger charge is -2.17. The van der Waals surface area contributed by atoms with Crippen molar-refractivity contribution in [2.24, 2.45) is 0 Å². The minimum absolute atomic E-state index is 0.321. The molecule has 0 fully saturated rings. The summed E-state index contributed by atoms with van der Waals surface area (Å²) in [5, 5.41) is 8.95. The fraction of sp³-hybridized carbons (Fsp3) is 0.727. The summed E-state index contributed by atoms with van der Waals surface area (Å²) in [4.78, 5) is 11.1. The van der Waals surface area contributed by atoms with E-state index >= 15 is 0 Å². The Kier molecular flexibility index (Phi) is 5.46. The van der Waals surface area contributed by atoms with E-state index in [1.807, 2.05) is 20.8 Å². The molecule has 0 aromatic heterocycles. The number of esters is 1. The summed E-state index contributed by atoms with van der Waals surface area (Å²) in [6.45, 7) is 7.21. The van der Waals surface area contributed by atoms with Crippen LogP contribution in [0.2, 0.25) is 0 Å². The molecule has 82 valence electrons. The SMILES string of the molecule is CC(O)CCC=CC(=O)OC(C)(C)C. The van der Waals surface area contributed by atoms with Gasteiger partial charge in [0.2, 0.25) is 0 Å². The largest absolute Gasteiger partial charge is 0.457 e. The molecule has 0 rings (SSSR count). The van der Waals surface area contributed by atoms with Gasteiger partial charge in [0, 0.05) is 6.08 Å². The molecule has 0 amide bonds. The second-order valence-corrected chi connectivity index (χ2v) is 4.36. The molecule has 3 nitrogen and oxygen atoms in total. The van der Waals surface area contributed by atoms with Gasteiger partial charge in [-0.2, -0.15) is 0 Å². The van der Waals surface area contributed by atoms with E-state index in [0.717, 1.165) is 0 Å². The maximum absolute atomic E-state index is 11.1. The summed E-state index contributed by atoms with van der Waals surface area (Å²) in [7, 11) is 0. The van der Waals surface area contributed by atoms with Gasteiger partial charge in [-0.15, -0.1) is 0 Å². The first kappa shape index (κ1) is 13.2. The average Bonchev–Trinajstić information content (AvgIpc) is 1.94. The molecule has 1 unspecified atom stereocenters. The molecule has 1 N–H and O–H groups in total. The van der Waals surface area contributed by atoms with Crippen molar-refractivity contribution in [1.29, 1.82) is 0 Å². The fourth-order valence-electron chi connectivity index (χ4n) is 0.853. The molecule has 0 radical (unpaired) electrons. The first-order valence-corrected chi connectivity index (χ1v) is 4.89. The molecule has 0 aliphatic carbocycles. The Morgan fingerprint density at radius 3 is 2.50 bits per heavy atom. The predicted molar refractivity (Wildman–Crippen MR) is 55.9 cm³/mol. The molecule has 0 aromatic carbocycles. The van der Waals surface area contributed by atoms with Gasteiger partial charge >= 0.3 is 5.97 Å². The van der Waals surface area contributed by atoms with E-state index in [-0.39, 0.29) is 12.1 Å². The van der Waals surface area contributed by atoms with Crippen LogP contribution in [0.15, 0.2) is 12.2 Å². The maximum Gasteiger partial charge on any atom is 0.330 e. The van der Waals surface area contributed by atoms with Crippen molar-refractivity contribution >= 4 is 5.97 Å². The third kappa shape index (κ3) is 9.26. The summed E-state index contributed by atoms with van der Waals surface area (Å²) < 4.78 is 5.06. The lowest BCUT2D eigenvalue weighted by molar-refractivity contribution is -0.148. The molecule has 0 saturated carbocycles. The monoisotopic (exact) mass is 200 g/mol. The van der Waals surface area contributed by atoms with Crippen LogP contribution in [0.25, 0.3) is 0 Å². The second-order valence-electron chi connectivity index (χ2n) is 4.36. The number of rotatable bonds is 4. The van der Waals surface area contributed by atoms with Crippen LogP contribution in [0.4, 0.5) is 0 Å². The molecule has 0 spiro atoms. The van der Waals surface area contributed by atoms with Gasteiger partial charge < -0.3 is 9.84 Å². The Morgan fingerprint density at radius 1 is 1.50 bits per heavy atom. The number of allylic oxidation sites excluding steroid dienone is 1. The zero-order valence-electron chi connectivity index (χ0n) is 9.41. The van der Waals surface area contributed by atoms with Crippen molar-refractivity contribution in [1.82, 2.24) is 0 Å². The van der Waals surface area contributed by atoms with Crippen molar-refractivity contribution in [3.05, 3.63) is 12.2 Å². The van der Waals surface area contributed by atoms with Gasteiger partial charge in [0.25, 0.3) is 0 Å². The molecular formula is C11H20O3. The van der Waals surface area contributed by atoms with Crippen LogP contribution in [0.3, 0.4) is 0 Å². The minimum Gasteiger partial charge on any atom is -0.457 e. The fourth-order valence-corrected chi connectivity index (χ4v) is 0.853. The van der Waals surface area contributed by atoms with Crippen molar-refractivity contribution in [3.8, 4) is 0 Å². The van der Waals surface area contributed by atoms with Gasteiger partial charge in [0.15, 0.2) is 0 Å². The van der Waals surface area contributed by atoms with Gasteiger partial charge in [-0.3, -0.25) is 0 Å². The van der Waals surface area contributed by atoms with Crippen molar-refractivity contribution in [3.63, 3.8) is 0 Å². The topological polar surface area (TPSA) is 46.5 Å². The molecule has 3 heteroatoms. The van der Waals surface area contributed by atoms with E-state index in [9.17, 15) is 4.79 Å². The highest BCUT2D eigenvalue weighted by atomic mass is 16.6. The Morgan fingerprint density at radius 2 is 2.07 bits per heavy atom. The number of carbonyl (C=O) groups excluding carboxylic acids is 1. The van der Waals surface area contributed by atoms with Crippen LogP contribution < -0.4 is 0 Å². The predicted octanol–water partition coefficient (Wildman–Crippen LogP) is 2.05. The quantitative estimate of drug-likeness (QED) is 0.558. The Labute approximate surface area is 85.8 Å². The lowest BCUT2D eigenvalue weighted by Crippen LogP contribution is -2.22. The van der Waals surface area contributed by atoms with Crippen LogP contribution >= 0.6 is 0 Å². The van der Waals surface area contributed by atoms with E-state index in [4.69, 9.17) is 9.84 Å². The highest BCUT2D eigenvalue weighted by Crippen LogP contribution is 2.07. The molecule has 1 atom stereocenters. The number of aliphatic hydroxyl groups excluding tert-OH is 1. The summed E-state index contributed by atoms with van der Waals surface area (Å²) >= 11 is 0. The Hall–Kier alpha value is -0.830. The van der Waals surface area contributed by atoms with Crippen LogP contribution in [0, 0.1) is 0 Å². The molecule has 0 aromatic rings. The molecule has 0 aliphatic rings. The molecule has 0 bridgehead atoms. The van der Waals surface area contributed by atoms with Crippen LogP contribution in [-0.2, 0) is 9.53 Å². The summed E-state index contributed by atoms with van der Waals surface area (Å²) in [6, 6.07) is 0. The number of ether oxygens (including phenoxy) is 1. The van der Waals surface area contributed by atoms with E-state index < -0.39 is 5.60 Å². The van der Waals surface area contributed by atoms with Gasteiger partial charge in [0.1, 0.15) is 5.60 Å². The van der Waals surface area contributed by atoms with Crippen molar-refractivity contribution in [2.75, 3.05) is 0 Å². The standard InChI is InChI=1S/C11H20O3/c1-9(12)7-5-6-8-10(13)14-11(2,3)4/h6,8-9,12H,5,7H2,1-4H3. The Balaban J connectivity index is 3.72. The highest BCUT2D eigenvalue weighted by Gasteiger charge is 2.13. The number of carbonyl (C=O) groups is 1. The van der Waals surface area contributed by atoms with Crippen molar-refractivity contribution in [2.45, 2.75) is 52.2 Å². The molecule has 0 aliphatic heterocycles.